The fraction of sp³-hybridized carbons (Fsp3) is 0.400. The minimum Gasteiger partial charge on any atom is -0.381 e. The Morgan fingerprint density at radius 1 is 1.38 bits per heavy atom. The summed E-state index contributed by atoms with van der Waals surface area (Å²) in [6.07, 6.45) is 1.68. The molecule has 0 amide bonds. The summed E-state index contributed by atoms with van der Waals surface area (Å²) in [6, 6.07) is 5.74. The molecule has 6 heteroatoms. The third-order valence-electron chi connectivity index (χ3n) is 3.53. The van der Waals surface area contributed by atoms with Crippen LogP contribution in [0.4, 0.5) is 5.69 Å². The van der Waals surface area contributed by atoms with Crippen molar-refractivity contribution in [3.8, 4) is 0 Å². The molecule has 1 N–H and O–H groups in total. The summed E-state index contributed by atoms with van der Waals surface area (Å²) in [5.74, 6) is 0.472. The summed E-state index contributed by atoms with van der Waals surface area (Å²) in [5.41, 5.74) is 5.27. The Balaban J connectivity index is 2.15. The van der Waals surface area contributed by atoms with Crippen LogP contribution < -0.4 is 5.32 Å². The van der Waals surface area contributed by atoms with Gasteiger partial charge in [0.15, 0.2) is 0 Å². The van der Waals surface area contributed by atoms with E-state index < -0.39 is 10.8 Å². The van der Waals surface area contributed by atoms with Crippen LogP contribution in [-0.2, 0) is 30.1 Å². The normalized spacial score (nSPS) is 12.4. The van der Waals surface area contributed by atoms with E-state index in [9.17, 15) is 4.21 Å². The molecule has 0 saturated heterocycles. The second kappa shape index (κ2) is 6.62. The Morgan fingerprint density at radius 3 is 2.67 bits per heavy atom. The van der Waals surface area contributed by atoms with Crippen molar-refractivity contribution in [2.45, 2.75) is 26.1 Å². The van der Waals surface area contributed by atoms with Crippen LogP contribution >= 0.6 is 11.6 Å². The van der Waals surface area contributed by atoms with E-state index in [1.54, 1.807) is 6.26 Å². The van der Waals surface area contributed by atoms with Crippen LogP contribution in [0, 0.1) is 13.8 Å². The summed E-state index contributed by atoms with van der Waals surface area (Å²) in [7, 11) is 1.04. The van der Waals surface area contributed by atoms with Crippen LogP contribution in [0.25, 0.3) is 0 Å². The highest BCUT2D eigenvalue weighted by Gasteiger charge is 2.09. The van der Waals surface area contributed by atoms with Gasteiger partial charge in [0.25, 0.3) is 0 Å². The van der Waals surface area contributed by atoms with Gasteiger partial charge in [-0.05, 0) is 37.6 Å². The first-order valence-electron chi connectivity index (χ1n) is 6.70. The van der Waals surface area contributed by atoms with Gasteiger partial charge in [0.1, 0.15) is 0 Å². The maximum absolute atomic E-state index is 11.4. The van der Waals surface area contributed by atoms with E-state index in [1.807, 2.05) is 36.9 Å². The lowest BCUT2D eigenvalue weighted by Crippen LogP contribution is -2.03. The highest BCUT2D eigenvalue weighted by atomic mass is 35.5. The van der Waals surface area contributed by atoms with E-state index in [1.165, 1.54) is 5.56 Å². The third-order valence-corrected chi connectivity index (χ3v) is 4.62. The Hall–Kier alpha value is -1.33. The smallest absolute Gasteiger partial charge is 0.0646 e. The molecule has 1 atom stereocenters. The van der Waals surface area contributed by atoms with Crippen molar-refractivity contribution < 1.29 is 4.21 Å². The molecule has 0 bridgehead atoms. The molecule has 2 aromatic rings. The van der Waals surface area contributed by atoms with Crippen LogP contribution in [0.15, 0.2) is 18.2 Å². The zero-order chi connectivity index (χ0) is 15.6. The lowest BCUT2D eigenvalue weighted by atomic mass is 10.1. The number of rotatable bonds is 5. The number of nitrogens with zero attached hydrogens (tertiary/aromatic N) is 2. The molecule has 114 valence electrons. The number of halogens is 1. The molecule has 1 aromatic carbocycles. The van der Waals surface area contributed by atoms with E-state index in [2.05, 4.69) is 17.3 Å². The highest BCUT2D eigenvalue weighted by molar-refractivity contribution is 7.83. The van der Waals surface area contributed by atoms with Crippen molar-refractivity contribution in [1.82, 2.24) is 9.78 Å². The van der Waals surface area contributed by atoms with E-state index in [-0.39, 0.29) is 0 Å². The number of aryl methyl sites for hydroxylation is 2. The molecule has 0 aliphatic heterocycles. The molecule has 0 fully saturated rings. The molecule has 0 aliphatic carbocycles. The Bertz CT molecular complexity index is 682. The lowest BCUT2D eigenvalue weighted by Gasteiger charge is -2.10. The van der Waals surface area contributed by atoms with Gasteiger partial charge in [-0.3, -0.25) is 8.89 Å². The summed E-state index contributed by atoms with van der Waals surface area (Å²) in [4.78, 5) is 0. The lowest BCUT2D eigenvalue weighted by molar-refractivity contribution is 0.686. The fourth-order valence-corrected chi connectivity index (χ4v) is 3.22. The molecular formula is C15H20ClN3OS. The second-order valence-electron chi connectivity index (χ2n) is 5.15. The first kappa shape index (κ1) is 16.0. The largest absolute Gasteiger partial charge is 0.381 e. The maximum Gasteiger partial charge on any atom is 0.0646 e. The predicted molar refractivity (Wildman–Crippen MR) is 89.2 cm³/mol. The molecule has 0 saturated carbocycles. The molecule has 2 rings (SSSR count). The average Bonchev–Trinajstić information content (AvgIpc) is 2.64. The molecule has 1 heterocycles. The molecule has 0 radical (unpaired) electrons. The van der Waals surface area contributed by atoms with Gasteiger partial charge >= 0.3 is 0 Å². The summed E-state index contributed by atoms with van der Waals surface area (Å²) in [6.45, 7) is 4.78. The van der Waals surface area contributed by atoms with Crippen LogP contribution in [0.3, 0.4) is 0 Å². The van der Waals surface area contributed by atoms with Crippen LogP contribution in [0.1, 0.15) is 22.5 Å². The second-order valence-corrected chi connectivity index (χ2v) is 6.99. The topological polar surface area (TPSA) is 46.9 Å². The number of hydrogen-bond acceptors (Lipinski definition) is 3. The number of hydrogen-bond donors (Lipinski definition) is 1. The minimum atomic E-state index is -0.905. The monoisotopic (exact) mass is 325 g/mol. The zero-order valence-corrected chi connectivity index (χ0v) is 14.3. The molecule has 1 aromatic heterocycles. The molecule has 1 unspecified atom stereocenters. The fourth-order valence-electron chi connectivity index (χ4n) is 2.28. The van der Waals surface area contributed by atoms with Crippen molar-refractivity contribution in [3.05, 3.63) is 45.7 Å². The van der Waals surface area contributed by atoms with Gasteiger partial charge < -0.3 is 5.32 Å². The molecule has 0 spiro atoms. The van der Waals surface area contributed by atoms with Gasteiger partial charge in [0, 0.05) is 58.4 Å². The van der Waals surface area contributed by atoms with Crippen LogP contribution in [0.2, 0.25) is 5.02 Å². The zero-order valence-electron chi connectivity index (χ0n) is 12.7. The van der Waals surface area contributed by atoms with Crippen molar-refractivity contribution in [1.29, 1.82) is 0 Å². The standard InChI is InChI=1S/C15H20ClN3OS/c1-10-14(11(2)19(3)18-10)8-17-13-5-6-15(16)12(7-13)9-21(4)20/h5-7,17H,8-9H2,1-4H3. The van der Waals surface area contributed by atoms with Gasteiger partial charge in [-0.2, -0.15) is 5.10 Å². The van der Waals surface area contributed by atoms with E-state index >= 15 is 0 Å². The molecule has 0 aliphatic rings. The van der Waals surface area contributed by atoms with E-state index in [0.29, 0.717) is 17.3 Å². The molecule has 4 nitrogen and oxygen atoms in total. The number of nitrogens with one attached hydrogen (secondary N) is 1. The number of benzene rings is 1. The average molecular weight is 326 g/mol. The summed E-state index contributed by atoms with van der Waals surface area (Å²) in [5, 5.41) is 8.45. The first-order chi connectivity index (χ1) is 9.88. The van der Waals surface area contributed by atoms with Gasteiger partial charge in [-0.15, -0.1) is 0 Å². The van der Waals surface area contributed by atoms with E-state index in [4.69, 9.17) is 11.6 Å². The Labute approximate surface area is 133 Å². The predicted octanol–water partition coefficient (Wildman–Crippen LogP) is 3.18. The van der Waals surface area contributed by atoms with E-state index in [0.717, 1.165) is 22.6 Å². The van der Waals surface area contributed by atoms with Crippen molar-refractivity contribution in [3.63, 3.8) is 0 Å². The van der Waals surface area contributed by atoms with Gasteiger partial charge in [0.2, 0.25) is 0 Å². The highest BCUT2D eigenvalue weighted by Crippen LogP contribution is 2.23. The molecular weight excluding hydrogens is 306 g/mol. The Kier molecular flexibility index (Phi) is 5.06. The van der Waals surface area contributed by atoms with Crippen LogP contribution in [0.5, 0.6) is 0 Å². The van der Waals surface area contributed by atoms with Crippen molar-refractivity contribution in [2.75, 3.05) is 11.6 Å². The van der Waals surface area contributed by atoms with Crippen molar-refractivity contribution >= 4 is 28.1 Å². The summed E-state index contributed by atoms with van der Waals surface area (Å²) >= 11 is 6.14. The number of anilines is 1. The first-order valence-corrected chi connectivity index (χ1v) is 8.80. The SMILES string of the molecule is Cc1nn(C)c(C)c1CNc1ccc(Cl)c(CS(C)=O)c1. The van der Waals surface area contributed by atoms with Crippen molar-refractivity contribution in [2.24, 2.45) is 7.05 Å². The Morgan fingerprint density at radius 2 is 2.10 bits per heavy atom. The quantitative estimate of drug-likeness (QED) is 0.918. The van der Waals surface area contributed by atoms with Gasteiger partial charge in [-0.1, -0.05) is 11.6 Å². The third kappa shape index (κ3) is 3.86. The molecule has 21 heavy (non-hydrogen) atoms. The summed E-state index contributed by atoms with van der Waals surface area (Å²) < 4.78 is 13.3. The van der Waals surface area contributed by atoms with Crippen LogP contribution in [-0.4, -0.2) is 20.2 Å². The minimum absolute atomic E-state index is 0.472. The number of aromatic nitrogens is 2. The maximum atomic E-state index is 11.4. The van der Waals surface area contributed by atoms with Gasteiger partial charge in [0.05, 0.1) is 5.69 Å². The van der Waals surface area contributed by atoms with Gasteiger partial charge in [-0.25, -0.2) is 0 Å².